The van der Waals surface area contributed by atoms with E-state index in [9.17, 15) is 30.8 Å². The third kappa shape index (κ3) is 5.33. The third-order valence-corrected chi connectivity index (χ3v) is 8.11. The van der Waals surface area contributed by atoms with Crippen molar-refractivity contribution in [1.82, 2.24) is 14.9 Å². The summed E-state index contributed by atoms with van der Waals surface area (Å²) in [5.74, 6) is -5.00. The molecular weight excluding hydrogens is 554 g/mol. The monoisotopic (exact) mass is 577 g/mol. The summed E-state index contributed by atoms with van der Waals surface area (Å²) in [6.45, 7) is 2.04. The predicted octanol–water partition coefficient (Wildman–Crippen LogP) is 5.24. The van der Waals surface area contributed by atoms with Crippen molar-refractivity contribution in [1.29, 1.82) is 0 Å². The molecular formula is C27H23F4N3O5S. The lowest BCUT2D eigenvalue weighted by Gasteiger charge is -2.15. The minimum atomic E-state index is -3.87. The number of imidazole rings is 1. The number of nitrogens with zero attached hydrogens (tertiary/aromatic N) is 2. The number of aromatic nitrogens is 2. The Morgan fingerprint density at radius 2 is 1.80 bits per heavy atom. The topological polar surface area (TPSA) is 99.5 Å². The zero-order chi connectivity index (χ0) is 28.9. The van der Waals surface area contributed by atoms with Crippen LogP contribution in [0, 0.1) is 0 Å². The molecule has 40 heavy (non-hydrogen) atoms. The van der Waals surface area contributed by atoms with Gasteiger partial charge in [0.1, 0.15) is 0 Å². The van der Waals surface area contributed by atoms with E-state index >= 15 is 0 Å². The number of amides is 1. The van der Waals surface area contributed by atoms with E-state index in [4.69, 9.17) is 0 Å². The summed E-state index contributed by atoms with van der Waals surface area (Å²) in [7, 11) is -3.35. The Balaban J connectivity index is 1.40. The molecule has 0 atom stereocenters. The molecule has 13 heteroatoms. The number of ether oxygens (including phenoxy) is 2. The molecule has 0 unspecified atom stereocenters. The molecule has 1 aliphatic heterocycles. The summed E-state index contributed by atoms with van der Waals surface area (Å²) < 4.78 is 90.6. The highest BCUT2D eigenvalue weighted by atomic mass is 32.2. The number of halogens is 4. The first-order valence-electron chi connectivity index (χ1n) is 12.1. The molecule has 0 saturated heterocycles. The first-order chi connectivity index (χ1) is 18.8. The van der Waals surface area contributed by atoms with E-state index in [1.807, 2.05) is 0 Å². The molecule has 1 aromatic heterocycles. The van der Waals surface area contributed by atoms with E-state index in [2.05, 4.69) is 19.8 Å². The smallest absolute Gasteiger partial charge is 0.395 e. The van der Waals surface area contributed by atoms with Crippen molar-refractivity contribution in [3.05, 3.63) is 83.2 Å². The van der Waals surface area contributed by atoms with Gasteiger partial charge in [-0.25, -0.2) is 13.4 Å². The van der Waals surface area contributed by atoms with Crippen molar-refractivity contribution in [2.24, 2.45) is 0 Å². The van der Waals surface area contributed by atoms with Gasteiger partial charge in [-0.2, -0.15) is 8.78 Å². The third-order valence-electron chi connectivity index (χ3n) is 6.36. The molecule has 0 fully saturated rings. The van der Waals surface area contributed by atoms with E-state index < -0.39 is 33.8 Å². The lowest BCUT2D eigenvalue weighted by atomic mass is 10.1. The average Bonchev–Trinajstić information content (AvgIpc) is 3.43. The van der Waals surface area contributed by atoms with Crippen LogP contribution in [-0.4, -0.2) is 35.9 Å². The van der Waals surface area contributed by atoms with E-state index in [-0.39, 0.29) is 57.4 Å². The Kier molecular flexibility index (Phi) is 6.73. The van der Waals surface area contributed by atoms with E-state index in [1.165, 1.54) is 53.1 Å². The summed E-state index contributed by atoms with van der Waals surface area (Å²) in [4.78, 5) is 17.1. The van der Waals surface area contributed by atoms with Crippen LogP contribution in [0.4, 0.5) is 17.6 Å². The fourth-order valence-corrected chi connectivity index (χ4v) is 5.24. The largest absolute Gasteiger partial charge is 0.586 e. The Morgan fingerprint density at radius 1 is 1.07 bits per heavy atom. The van der Waals surface area contributed by atoms with Crippen LogP contribution < -0.4 is 14.8 Å². The summed E-state index contributed by atoms with van der Waals surface area (Å²) in [6.07, 6.45) is -3.87. The van der Waals surface area contributed by atoms with Gasteiger partial charge in [-0.3, -0.25) is 4.79 Å². The van der Waals surface area contributed by atoms with Crippen LogP contribution in [0.5, 0.6) is 11.5 Å². The maximum atomic E-state index is 14.6. The van der Waals surface area contributed by atoms with Crippen molar-refractivity contribution in [2.45, 2.75) is 44.0 Å². The summed E-state index contributed by atoms with van der Waals surface area (Å²) in [5.41, 5.74) is 1.36. The zero-order valence-corrected chi connectivity index (χ0v) is 22.1. The molecule has 4 aromatic rings. The number of benzene rings is 3. The second-order valence-electron chi connectivity index (χ2n) is 9.26. The highest BCUT2D eigenvalue weighted by Crippen LogP contribution is 2.44. The van der Waals surface area contributed by atoms with Crippen molar-refractivity contribution >= 4 is 26.8 Å². The molecule has 8 nitrogen and oxygen atoms in total. The maximum absolute atomic E-state index is 14.6. The molecule has 1 N–H and O–H groups in total. The molecule has 2 heterocycles. The Bertz CT molecular complexity index is 1710. The van der Waals surface area contributed by atoms with Gasteiger partial charge in [0.15, 0.2) is 27.2 Å². The quantitative estimate of drug-likeness (QED) is 0.288. The van der Waals surface area contributed by atoms with Crippen molar-refractivity contribution < 1.29 is 40.2 Å². The highest BCUT2D eigenvalue weighted by Gasteiger charge is 2.44. The predicted molar refractivity (Wildman–Crippen MR) is 136 cm³/mol. The van der Waals surface area contributed by atoms with Crippen LogP contribution >= 0.6 is 0 Å². The number of carbonyl (C=O) groups excluding carboxylic acids is 1. The number of hydrogen-bond donors (Lipinski definition) is 1. The van der Waals surface area contributed by atoms with Crippen LogP contribution in [0.1, 0.15) is 41.2 Å². The number of sulfone groups is 1. The standard InChI is InChI=1S/C27H23F4N3O5S/c1-3-40(36,37)19-10-7-16(8-11-19)14-32-24(35)17-9-12-21-20(13-17)33-25(26(2,28)29)34(21)15-18-5-4-6-22-23(18)39-27(30,31)38-22/h4-13H,3,14-15H2,1-2H3,(H,32,35). The average molecular weight is 578 g/mol. The van der Waals surface area contributed by atoms with Gasteiger partial charge in [0.2, 0.25) is 0 Å². The normalized spacial score (nSPS) is 14.4. The van der Waals surface area contributed by atoms with Crippen LogP contribution in [0.3, 0.4) is 0 Å². The van der Waals surface area contributed by atoms with Crippen LogP contribution in [0.25, 0.3) is 11.0 Å². The second-order valence-corrected chi connectivity index (χ2v) is 11.5. The molecule has 1 amide bonds. The molecule has 3 aromatic carbocycles. The number of fused-ring (bicyclic) bond motifs is 2. The maximum Gasteiger partial charge on any atom is 0.586 e. The number of para-hydroxylation sites is 1. The SMILES string of the molecule is CCS(=O)(=O)c1ccc(CNC(=O)c2ccc3c(c2)nc(C(C)(F)F)n3Cc2cccc3c2OC(F)(F)O3)cc1. The number of carbonyl (C=O) groups is 1. The number of rotatable bonds is 8. The number of alkyl halides is 4. The van der Waals surface area contributed by atoms with Gasteiger partial charge in [0.05, 0.1) is 28.2 Å². The number of hydrogen-bond acceptors (Lipinski definition) is 6. The highest BCUT2D eigenvalue weighted by molar-refractivity contribution is 7.91. The van der Waals surface area contributed by atoms with E-state index in [0.29, 0.717) is 12.5 Å². The van der Waals surface area contributed by atoms with Crippen LogP contribution in [0.2, 0.25) is 0 Å². The van der Waals surface area contributed by atoms with Gasteiger partial charge in [-0.05, 0) is 42.0 Å². The van der Waals surface area contributed by atoms with Crippen molar-refractivity contribution in [3.63, 3.8) is 0 Å². The van der Waals surface area contributed by atoms with E-state index in [0.717, 1.165) is 0 Å². The van der Waals surface area contributed by atoms with Gasteiger partial charge in [0.25, 0.3) is 5.91 Å². The molecule has 0 radical (unpaired) electrons. The Morgan fingerprint density at radius 3 is 2.48 bits per heavy atom. The molecule has 0 aliphatic carbocycles. The Labute approximate surface area is 226 Å². The summed E-state index contributed by atoms with van der Waals surface area (Å²) in [6, 6.07) is 14.5. The first kappa shape index (κ1) is 27.4. The number of nitrogens with one attached hydrogen (secondary N) is 1. The van der Waals surface area contributed by atoms with Gasteiger partial charge in [0, 0.05) is 24.6 Å². The molecule has 5 rings (SSSR count). The lowest BCUT2D eigenvalue weighted by molar-refractivity contribution is -0.287. The van der Waals surface area contributed by atoms with Crippen LogP contribution in [-0.2, 0) is 28.8 Å². The molecule has 0 saturated carbocycles. The van der Waals surface area contributed by atoms with Gasteiger partial charge in [-0.15, -0.1) is 8.78 Å². The minimum absolute atomic E-state index is 0.0291. The summed E-state index contributed by atoms with van der Waals surface area (Å²) in [5, 5.41) is 2.71. The Hall–Kier alpha value is -4.13. The lowest BCUT2D eigenvalue weighted by Crippen LogP contribution is -2.26. The fraction of sp³-hybridized carbons (Fsp3) is 0.259. The van der Waals surface area contributed by atoms with Crippen molar-refractivity contribution in [2.75, 3.05) is 5.75 Å². The molecule has 0 bridgehead atoms. The molecule has 0 spiro atoms. The van der Waals surface area contributed by atoms with Gasteiger partial charge in [-0.1, -0.05) is 31.2 Å². The zero-order valence-electron chi connectivity index (χ0n) is 21.3. The molecule has 210 valence electrons. The van der Waals surface area contributed by atoms with Gasteiger partial charge < -0.3 is 19.4 Å². The first-order valence-corrected chi connectivity index (χ1v) is 13.8. The minimum Gasteiger partial charge on any atom is -0.395 e. The van der Waals surface area contributed by atoms with Crippen LogP contribution in [0.15, 0.2) is 65.6 Å². The fourth-order valence-electron chi connectivity index (χ4n) is 4.35. The summed E-state index contributed by atoms with van der Waals surface area (Å²) >= 11 is 0. The van der Waals surface area contributed by atoms with E-state index in [1.54, 1.807) is 19.1 Å². The van der Waals surface area contributed by atoms with Crippen molar-refractivity contribution in [3.8, 4) is 11.5 Å². The van der Waals surface area contributed by atoms with Gasteiger partial charge >= 0.3 is 12.2 Å². The second kappa shape index (κ2) is 9.81. The molecule has 1 aliphatic rings.